The number of hydrogen-bond acceptors (Lipinski definition) is 5. The third-order valence-corrected chi connectivity index (χ3v) is 4.15. The standard InChI is InChI=1S/C21H32O5/c1-3-4-5-6-7-8-9-10-11-12-17-25-18-13-15-19(16-14-18)26-21(23)20(22)24-2/h13-16H,3-12,17H2,1-2H3. The first kappa shape index (κ1) is 22.0. The Morgan fingerprint density at radius 1 is 0.731 bits per heavy atom. The van der Waals surface area contributed by atoms with Crippen molar-refractivity contribution in [3.8, 4) is 11.5 Å². The summed E-state index contributed by atoms with van der Waals surface area (Å²) in [6.45, 7) is 2.92. The van der Waals surface area contributed by atoms with E-state index in [4.69, 9.17) is 9.47 Å². The average Bonchev–Trinajstić information content (AvgIpc) is 2.66. The monoisotopic (exact) mass is 364 g/mol. The van der Waals surface area contributed by atoms with Crippen LogP contribution in [-0.4, -0.2) is 25.7 Å². The molecule has 0 radical (unpaired) electrons. The highest BCUT2D eigenvalue weighted by atomic mass is 16.6. The number of methoxy groups -OCH3 is 1. The van der Waals surface area contributed by atoms with Gasteiger partial charge >= 0.3 is 11.9 Å². The molecule has 0 unspecified atom stereocenters. The predicted molar refractivity (Wildman–Crippen MR) is 101 cm³/mol. The van der Waals surface area contributed by atoms with Gasteiger partial charge in [-0.15, -0.1) is 0 Å². The minimum Gasteiger partial charge on any atom is -0.494 e. The number of rotatable bonds is 13. The minimum absolute atomic E-state index is 0.284. The molecular weight excluding hydrogens is 332 g/mol. The second kappa shape index (κ2) is 14.2. The lowest BCUT2D eigenvalue weighted by Crippen LogP contribution is -2.21. The van der Waals surface area contributed by atoms with E-state index in [-0.39, 0.29) is 5.75 Å². The molecule has 0 aliphatic carbocycles. The summed E-state index contributed by atoms with van der Waals surface area (Å²) in [5, 5.41) is 0. The first-order chi connectivity index (χ1) is 12.7. The molecule has 146 valence electrons. The van der Waals surface area contributed by atoms with Gasteiger partial charge in [-0.2, -0.15) is 0 Å². The Morgan fingerprint density at radius 3 is 1.77 bits per heavy atom. The molecule has 0 saturated carbocycles. The van der Waals surface area contributed by atoms with Gasteiger partial charge in [0.25, 0.3) is 0 Å². The van der Waals surface area contributed by atoms with Crippen LogP contribution in [0.15, 0.2) is 24.3 Å². The Kier molecular flexibility index (Phi) is 12.0. The molecule has 5 heteroatoms. The topological polar surface area (TPSA) is 61.8 Å². The first-order valence-corrected chi connectivity index (χ1v) is 9.70. The molecule has 26 heavy (non-hydrogen) atoms. The van der Waals surface area contributed by atoms with E-state index in [9.17, 15) is 9.59 Å². The number of esters is 2. The Hall–Kier alpha value is -2.04. The van der Waals surface area contributed by atoms with Gasteiger partial charge in [-0.3, -0.25) is 0 Å². The van der Waals surface area contributed by atoms with Crippen LogP contribution in [0.4, 0.5) is 0 Å². The van der Waals surface area contributed by atoms with E-state index in [0.717, 1.165) is 19.3 Å². The van der Waals surface area contributed by atoms with E-state index >= 15 is 0 Å². The minimum atomic E-state index is -1.04. The predicted octanol–water partition coefficient (Wildman–Crippen LogP) is 5.06. The van der Waals surface area contributed by atoms with Crippen molar-refractivity contribution in [3.05, 3.63) is 24.3 Å². The van der Waals surface area contributed by atoms with Crippen LogP contribution in [0.3, 0.4) is 0 Å². The SMILES string of the molecule is CCCCCCCCCCCCOc1ccc(OC(=O)C(=O)OC)cc1. The molecule has 0 heterocycles. The van der Waals surface area contributed by atoms with Crippen LogP contribution in [0.5, 0.6) is 11.5 Å². The van der Waals surface area contributed by atoms with Crippen LogP contribution >= 0.6 is 0 Å². The molecule has 0 fully saturated rings. The molecule has 1 aromatic rings. The van der Waals surface area contributed by atoms with Gasteiger partial charge in [-0.05, 0) is 30.7 Å². The van der Waals surface area contributed by atoms with Crippen LogP contribution in [0, 0.1) is 0 Å². The number of benzene rings is 1. The summed E-state index contributed by atoms with van der Waals surface area (Å²) >= 11 is 0. The zero-order valence-corrected chi connectivity index (χ0v) is 16.1. The molecule has 0 saturated heterocycles. The van der Waals surface area contributed by atoms with Gasteiger partial charge in [0.2, 0.25) is 0 Å². The van der Waals surface area contributed by atoms with Gasteiger partial charge < -0.3 is 14.2 Å². The quantitative estimate of drug-likeness (QED) is 0.212. The van der Waals surface area contributed by atoms with E-state index in [2.05, 4.69) is 11.7 Å². The number of ether oxygens (including phenoxy) is 3. The lowest BCUT2D eigenvalue weighted by atomic mass is 10.1. The van der Waals surface area contributed by atoms with Crippen molar-refractivity contribution in [2.75, 3.05) is 13.7 Å². The normalized spacial score (nSPS) is 10.4. The summed E-state index contributed by atoms with van der Waals surface area (Å²) in [7, 11) is 1.13. The fraction of sp³-hybridized carbons (Fsp3) is 0.619. The summed E-state index contributed by atoms with van der Waals surface area (Å²) in [6, 6.07) is 6.62. The molecule has 0 atom stereocenters. The Labute approximate surface area is 157 Å². The molecule has 0 aromatic heterocycles. The first-order valence-electron chi connectivity index (χ1n) is 9.70. The fourth-order valence-corrected chi connectivity index (χ4v) is 2.62. The highest BCUT2D eigenvalue weighted by Gasteiger charge is 2.16. The van der Waals surface area contributed by atoms with Crippen molar-refractivity contribution >= 4 is 11.9 Å². The molecule has 0 bridgehead atoms. The molecule has 0 spiro atoms. The lowest BCUT2D eigenvalue weighted by molar-refractivity contribution is -0.160. The van der Waals surface area contributed by atoms with Crippen molar-refractivity contribution in [3.63, 3.8) is 0 Å². The zero-order chi connectivity index (χ0) is 19.0. The van der Waals surface area contributed by atoms with Crippen LogP contribution in [0.25, 0.3) is 0 Å². The van der Waals surface area contributed by atoms with E-state index in [1.54, 1.807) is 24.3 Å². The van der Waals surface area contributed by atoms with E-state index in [0.29, 0.717) is 6.61 Å². The number of hydrogen-bond donors (Lipinski definition) is 0. The number of carbonyl (C=O) groups is 2. The molecule has 0 aliphatic rings. The maximum absolute atomic E-state index is 11.3. The Balaban J connectivity index is 2.06. The second-order valence-electron chi connectivity index (χ2n) is 6.38. The highest BCUT2D eigenvalue weighted by Crippen LogP contribution is 2.18. The van der Waals surface area contributed by atoms with Crippen molar-refractivity contribution in [2.45, 2.75) is 71.1 Å². The molecule has 1 aromatic carbocycles. The third kappa shape index (κ3) is 10.1. The lowest BCUT2D eigenvalue weighted by Gasteiger charge is -2.07. The third-order valence-electron chi connectivity index (χ3n) is 4.15. The van der Waals surface area contributed by atoms with Gasteiger partial charge in [0.15, 0.2) is 0 Å². The summed E-state index contributed by atoms with van der Waals surface area (Å²) < 4.78 is 14.8. The van der Waals surface area contributed by atoms with E-state index in [1.165, 1.54) is 57.8 Å². The van der Waals surface area contributed by atoms with Gasteiger partial charge in [0, 0.05) is 0 Å². The summed E-state index contributed by atoms with van der Waals surface area (Å²) in [5.74, 6) is -1.05. The van der Waals surface area contributed by atoms with Gasteiger partial charge in [0.05, 0.1) is 13.7 Å². The summed E-state index contributed by atoms with van der Waals surface area (Å²) in [4.78, 5) is 22.3. The number of unbranched alkanes of at least 4 members (excludes halogenated alkanes) is 9. The van der Waals surface area contributed by atoms with Crippen molar-refractivity contribution in [1.29, 1.82) is 0 Å². The maximum Gasteiger partial charge on any atom is 0.422 e. The fourth-order valence-electron chi connectivity index (χ4n) is 2.62. The smallest absolute Gasteiger partial charge is 0.422 e. The average molecular weight is 364 g/mol. The molecule has 5 nitrogen and oxygen atoms in total. The van der Waals surface area contributed by atoms with Crippen LogP contribution < -0.4 is 9.47 Å². The second-order valence-corrected chi connectivity index (χ2v) is 6.38. The zero-order valence-electron chi connectivity index (χ0n) is 16.1. The van der Waals surface area contributed by atoms with Crippen LogP contribution in [0.1, 0.15) is 71.1 Å². The number of carbonyl (C=O) groups excluding carboxylic acids is 2. The van der Waals surface area contributed by atoms with Gasteiger partial charge in [-0.25, -0.2) is 9.59 Å². The van der Waals surface area contributed by atoms with Gasteiger partial charge in [-0.1, -0.05) is 64.7 Å². The molecule has 0 amide bonds. The molecule has 1 rings (SSSR count). The maximum atomic E-state index is 11.3. The van der Waals surface area contributed by atoms with Crippen molar-refractivity contribution in [1.82, 2.24) is 0 Å². The Morgan fingerprint density at radius 2 is 1.23 bits per heavy atom. The van der Waals surface area contributed by atoms with Crippen molar-refractivity contribution in [2.24, 2.45) is 0 Å². The van der Waals surface area contributed by atoms with Crippen LogP contribution in [0.2, 0.25) is 0 Å². The van der Waals surface area contributed by atoms with Gasteiger partial charge in [0.1, 0.15) is 11.5 Å². The van der Waals surface area contributed by atoms with Crippen molar-refractivity contribution < 1.29 is 23.8 Å². The molecule has 0 aliphatic heterocycles. The summed E-state index contributed by atoms with van der Waals surface area (Å²) in [5.41, 5.74) is 0. The van der Waals surface area contributed by atoms with E-state index < -0.39 is 11.9 Å². The van der Waals surface area contributed by atoms with Crippen LogP contribution in [-0.2, 0) is 14.3 Å². The molecule has 0 N–H and O–H groups in total. The summed E-state index contributed by atoms with van der Waals surface area (Å²) in [6.07, 6.45) is 12.9. The Bertz CT molecular complexity index is 510. The highest BCUT2D eigenvalue weighted by molar-refractivity contribution is 6.30. The van der Waals surface area contributed by atoms with E-state index in [1.807, 2.05) is 0 Å². The molecular formula is C21H32O5. The largest absolute Gasteiger partial charge is 0.494 e.